The molecule has 16 heavy (non-hydrogen) atoms. The monoisotopic (exact) mass is 219 g/mol. The van der Waals surface area contributed by atoms with Gasteiger partial charge < -0.3 is 10.2 Å². The summed E-state index contributed by atoms with van der Waals surface area (Å²) in [5, 5.41) is 12.2. The molecule has 1 saturated heterocycles. The molecule has 0 unspecified atom stereocenters. The average molecular weight is 219 g/mol. The van der Waals surface area contributed by atoms with Crippen LogP contribution in [0.2, 0.25) is 0 Å². The number of hydrogen-bond acceptors (Lipinski definition) is 3. The Morgan fingerprint density at radius 3 is 2.62 bits per heavy atom. The highest BCUT2D eigenvalue weighted by atomic mass is 15.1. The third-order valence-electron chi connectivity index (χ3n) is 3.20. The van der Waals surface area contributed by atoms with Crippen LogP contribution in [-0.4, -0.2) is 32.1 Å². The van der Waals surface area contributed by atoms with Gasteiger partial charge in [0, 0.05) is 7.05 Å². The number of nitrogens with one attached hydrogen (secondary N) is 1. The van der Waals surface area contributed by atoms with Crippen LogP contribution >= 0.6 is 0 Å². The molecule has 0 aliphatic carbocycles. The minimum Gasteiger partial charge on any atom is -0.394 e. The van der Waals surface area contributed by atoms with E-state index in [-0.39, 0.29) is 5.41 Å². The van der Waals surface area contributed by atoms with Crippen LogP contribution < -0.4 is 5.32 Å². The Labute approximate surface area is 98.4 Å². The molecule has 0 saturated carbocycles. The van der Waals surface area contributed by atoms with Crippen LogP contribution in [-0.2, 0) is 0 Å². The van der Waals surface area contributed by atoms with E-state index in [1.54, 1.807) is 0 Å². The first kappa shape index (κ1) is 12.8. The minimum atomic E-state index is -0.128. The largest absolute Gasteiger partial charge is 0.394 e. The number of nitrogens with zero attached hydrogens (tertiary/aromatic N) is 2. The molecule has 0 aromatic carbocycles. The quantitative estimate of drug-likeness (QED) is 0.734. The summed E-state index contributed by atoms with van der Waals surface area (Å²) >= 11 is 0. The van der Waals surface area contributed by atoms with Gasteiger partial charge >= 0.3 is 0 Å². The fourth-order valence-corrected chi connectivity index (χ4v) is 1.93. The molecule has 1 aliphatic rings. The predicted molar refractivity (Wildman–Crippen MR) is 66.7 cm³/mol. The van der Waals surface area contributed by atoms with Gasteiger partial charge in [0.1, 0.15) is 0 Å². The molecule has 1 fully saturated rings. The summed E-state index contributed by atoms with van der Waals surface area (Å²) in [6, 6.07) is 2.51. The predicted octanol–water partition coefficient (Wildman–Crippen LogP) is 1.90. The molecule has 3 heteroatoms. The van der Waals surface area contributed by atoms with Gasteiger partial charge in [-0.2, -0.15) is 5.26 Å². The van der Waals surface area contributed by atoms with Gasteiger partial charge in [0.2, 0.25) is 0 Å². The Kier molecular flexibility index (Phi) is 5.07. The standard InChI is InChI=1S/C13H21N3/c1-15-9-5-3-4-6-13(12-14)7-10-16(2)11-8-13/h3-5,9,15H,6-8,10-11H2,1-2H3/b4-3-,9-5-. The summed E-state index contributed by atoms with van der Waals surface area (Å²) in [7, 11) is 3.99. The zero-order valence-electron chi connectivity index (χ0n) is 10.2. The van der Waals surface area contributed by atoms with Gasteiger partial charge in [-0.15, -0.1) is 0 Å². The lowest BCUT2D eigenvalue weighted by Gasteiger charge is -2.34. The molecule has 88 valence electrons. The van der Waals surface area contributed by atoms with Gasteiger partial charge in [-0.25, -0.2) is 0 Å². The van der Waals surface area contributed by atoms with Gasteiger partial charge in [-0.05, 0) is 51.7 Å². The normalized spacial score (nSPS) is 21.3. The van der Waals surface area contributed by atoms with E-state index < -0.39 is 0 Å². The van der Waals surface area contributed by atoms with Gasteiger partial charge in [0.05, 0.1) is 11.5 Å². The highest BCUT2D eigenvalue weighted by Gasteiger charge is 2.32. The van der Waals surface area contributed by atoms with Crippen LogP contribution in [0.5, 0.6) is 0 Å². The number of rotatable bonds is 4. The van der Waals surface area contributed by atoms with E-state index in [1.165, 1.54) is 0 Å². The molecular weight excluding hydrogens is 198 g/mol. The fraction of sp³-hybridized carbons (Fsp3) is 0.615. The van der Waals surface area contributed by atoms with Crippen LogP contribution in [0.3, 0.4) is 0 Å². The van der Waals surface area contributed by atoms with Crippen LogP contribution in [0.1, 0.15) is 19.3 Å². The summed E-state index contributed by atoms with van der Waals surface area (Å²) in [4.78, 5) is 2.29. The summed E-state index contributed by atoms with van der Waals surface area (Å²) < 4.78 is 0. The highest BCUT2D eigenvalue weighted by molar-refractivity contribution is 5.09. The maximum absolute atomic E-state index is 9.30. The Morgan fingerprint density at radius 2 is 2.06 bits per heavy atom. The third kappa shape index (κ3) is 3.71. The maximum atomic E-state index is 9.30. The smallest absolute Gasteiger partial charge is 0.0694 e. The van der Waals surface area contributed by atoms with E-state index in [1.807, 2.05) is 25.4 Å². The molecule has 1 heterocycles. The molecule has 0 atom stereocenters. The minimum absolute atomic E-state index is 0.128. The van der Waals surface area contributed by atoms with Crippen molar-refractivity contribution < 1.29 is 0 Å². The highest BCUT2D eigenvalue weighted by Crippen LogP contribution is 2.34. The van der Waals surface area contributed by atoms with E-state index in [2.05, 4.69) is 29.4 Å². The second-order valence-corrected chi connectivity index (χ2v) is 4.48. The average Bonchev–Trinajstić information content (AvgIpc) is 2.32. The molecule has 0 radical (unpaired) electrons. The number of allylic oxidation sites excluding steroid dienone is 3. The fourth-order valence-electron chi connectivity index (χ4n) is 1.93. The van der Waals surface area contributed by atoms with E-state index >= 15 is 0 Å². The molecule has 0 bridgehead atoms. The molecule has 1 aliphatic heterocycles. The van der Waals surface area contributed by atoms with Gasteiger partial charge in [0.15, 0.2) is 0 Å². The van der Waals surface area contributed by atoms with E-state index in [9.17, 15) is 5.26 Å². The Hall–Kier alpha value is -1.27. The van der Waals surface area contributed by atoms with Crippen LogP contribution in [0.25, 0.3) is 0 Å². The van der Waals surface area contributed by atoms with E-state index in [0.29, 0.717) is 0 Å². The van der Waals surface area contributed by atoms with Gasteiger partial charge in [-0.3, -0.25) is 0 Å². The lowest BCUT2D eigenvalue weighted by atomic mass is 9.77. The van der Waals surface area contributed by atoms with Gasteiger partial charge in [0.25, 0.3) is 0 Å². The van der Waals surface area contributed by atoms with Crippen molar-refractivity contribution >= 4 is 0 Å². The molecule has 0 spiro atoms. The van der Waals surface area contributed by atoms with E-state index in [0.717, 1.165) is 32.4 Å². The molecule has 1 N–H and O–H groups in total. The number of likely N-dealkylation sites (tertiary alicyclic amines) is 1. The number of piperidine rings is 1. The van der Waals surface area contributed by atoms with Crippen molar-refractivity contribution in [2.24, 2.45) is 5.41 Å². The summed E-state index contributed by atoms with van der Waals surface area (Å²) in [5.41, 5.74) is -0.128. The molecular formula is C13H21N3. The molecule has 0 aromatic rings. The first-order valence-corrected chi connectivity index (χ1v) is 5.81. The second kappa shape index (κ2) is 6.34. The molecule has 1 rings (SSSR count). The van der Waals surface area contributed by atoms with Crippen molar-refractivity contribution in [3.05, 3.63) is 24.4 Å². The van der Waals surface area contributed by atoms with Crippen LogP contribution in [0, 0.1) is 16.7 Å². The van der Waals surface area contributed by atoms with Crippen molar-refractivity contribution in [3.63, 3.8) is 0 Å². The first-order chi connectivity index (χ1) is 7.72. The van der Waals surface area contributed by atoms with Crippen molar-refractivity contribution in [3.8, 4) is 6.07 Å². The number of nitriles is 1. The maximum Gasteiger partial charge on any atom is 0.0694 e. The van der Waals surface area contributed by atoms with Crippen molar-refractivity contribution in [2.45, 2.75) is 19.3 Å². The first-order valence-electron chi connectivity index (χ1n) is 5.81. The molecule has 0 aromatic heterocycles. The summed E-state index contributed by atoms with van der Waals surface area (Å²) in [6.07, 6.45) is 10.8. The zero-order valence-corrected chi connectivity index (χ0v) is 10.2. The Balaban J connectivity index is 2.46. The van der Waals surface area contributed by atoms with Crippen LogP contribution in [0.4, 0.5) is 0 Å². The molecule has 3 nitrogen and oxygen atoms in total. The lowest BCUT2D eigenvalue weighted by molar-refractivity contribution is 0.173. The van der Waals surface area contributed by atoms with Crippen LogP contribution in [0.15, 0.2) is 24.4 Å². The number of hydrogen-bond donors (Lipinski definition) is 1. The van der Waals surface area contributed by atoms with Crippen molar-refractivity contribution in [2.75, 3.05) is 27.2 Å². The molecule has 0 amide bonds. The Morgan fingerprint density at radius 1 is 1.38 bits per heavy atom. The van der Waals surface area contributed by atoms with Crippen molar-refractivity contribution in [1.82, 2.24) is 10.2 Å². The van der Waals surface area contributed by atoms with Gasteiger partial charge in [-0.1, -0.05) is 12.2 Å². The van der Waals surface area contributed by atoms with Crippen molar-refractivity contribution in [1.29, 1.82) is 5.26 Å². The third-order valence-corrected chi connectivity index (χ3v) is 3.20. The van der Waals surface area contributed by atoms with E-state index in [4.69, 9.17) is 0 Å². The second-order valence-electron chi connectivity index (χ2n) is 4.48. The zero-order chi connectivity index (χ0) is 11.9. The summed E-state index contributed by atoms with van der Waals surface area (Å²) in [5.74, 6) is 0. The Bertz CT molecular complexity index is 291. The lowest BCUT2D eigenvalue weighted by Crippen LogP contribution is -2.36. The SMILES string of the molecule is CN/C=C\C=C/CC1(C#N)CCN(C)CC1. The summed E-state index contributed by atoms with van der Waals surface area (Å²) in [6.45, 7) is 2.07. The topological polar surface area (TPSA) is 39.1 Å².